The van der Waals surface area contributed by atoms with Crippen LogP contribution < -0.4 is 10.6 Å². The fourth-order valence-corrected chi connectivity index (χ4v) is 2.05. The van der Waals surface area contributed by atoms with Crippen LogP contribution in [0.2, 0.25) is 0 Å². The molecule has 0 aromatic heterocycles. The Balaban J connectivity index is 3.75. The number of nitrogens with one attached hydrogen (secondary N) is 2. The van der Waals surface area contributed by atoms with Gasteiger partial charge < -0.3 is 15.4 Å². The average molecular weight is 321 g/mol. The van der Waals surface area contributed by atoms with Crippen LogP contribution in [0.3, 0.4) is 0 Å². The van der Waals surface area contributed by atoms with Gasteiger partial charge in [-0.1, -0.05) is 26.2 Å². The molecule has 126 valence electrons. The molecule has 0 saturated heterocycles. The van der Waals surface area contributed by atoms with Crippen molar-refractivity contribution < 1.29 is 13.2 Å². The second-order valence-electron chi connectivity index (χ2n) is 4.99. The summed E-state index contributed by atoms with van der Waals surface area (Å²) in [6.45, 7) is 7.18. The van der Waals surface area contributed by atoms with Crippen LogP contribution in [0.1, 0.15) is 39.5 Å². The molecule has 0 fully saturated rings. The summed E-state index contributed by atoms with van der Waals surface area (Å²) in [6.07, 6.45) is 6.02. The molecule has 0 bridgehead atoms. The first-order chi connectivity index (χ1) is 9.99. The van der Waals surface area contributed by atoms with Crippen LogP contribution in [-0.2, 0) is 14.6 Å². The van der Waals surface area contributed by atoms with Crippen molar-refractivity contribution in [2.45, 2.75) is 39.5 Å². The van der Waals surface area contributed by atoms with E-state index in [0.717, 1.165) is 25.5 Å². The first kappa shape index (κ1) is 20.2. The summed E-state index contributed by atoms with van der Waals surface area (Å²) in [4.78, 5) is 4.49. The normalized spacial score (nSPS) is 12.4. The summed E-state index contributed by atoms with van der Waals surface area (Å²) in [7, 11) is -2.94. The van der Waals surface area contributed by atoms with Crippen LogP contribution in [0, 0.1) is 0 Å². The number of hydrogen-bond donors (Lipinski definition) is 2. The maximum Gasteiger partial charge on any atom is 0.191 e. The van der Waals surface area contributed by atoms with Crippen molar-refractivity contribution in [1.82, 2.24) is 10.6 Å². The van der Waals surface area contributed by atoms with E-state index < -0.39 is 9.84 Å². The summed E-state index contributed by atoms with van der Waals surface area (Å²) in [5.41, 5.74) is 0. The Hall–Kier alpha value is -0.820. The molecule has 0 amide bonds. The maximum absolute atomic E-state index is 10.9. The van der Waals surface area contributed by atoms with E-state index in [0.29, 0.717) is 13.2 Å². The van der Waals surface area contributed by atoms with E-state index in [4.69, 9.17) is 4.74 Å². The molecule has 6 nitrogen and oxygen atoms in total. The van der Waals surface area contributed by atoms with Crippen LogP contribution in [-0.4, -0.2) is 59.2 Å². The molecule has 0 saturated carbocycles. The average Bonchev–Trinajstić information content (AvgIpc) is 2.41. The number of unbranched alkanes of at least 4 members (excludes halogenated alkanes) is 3. The molecular weight excluding hydrogens is 290 g/mol. The van der Waals surface area contributed by atoms with Gasteiger partial charge >= 0.3 is 0 Å². The summed E-state index contributed by atoms with van der Waals surface area (Å²) >= 11 is 0. The topological polar surface area (TPSA) is 79.8 Å². The highest BCUT2D eigenvalue weighted by atomic mass is 32.2. The minimum atomic E-state index is -2.94. The van der Waals surface area contributed by atoms with Gasteiger partial charge in [-0.15, -0.1) is 0 Å². The number of hydrogen-bond acceptors (Lipinski definition) is 4. The fraction of sp³-hybridized carbons (Fsp3) is 0.929. The zero-order valence-corrected chi connectivity index (χ0v) is 14.5. The standard InChI is InChI=1S/C14H31N3O3S/c1-4-6-7-8-9-16-14(15-5-2)17-10-11-20-12-13-21(3,18)19/h4-13H2,1-3H3,(H2,15,16,17). The van der Waals surface area contributed by atoms with Crippen molar-refractivity contribution in [2.75, 3.05) is 44.9 Å². The van der Waals surface area contributed by atoms with E-state index >= 15 is 0 Å². The van der Waals surface area contributed by atoms with Crippen molar-refractivity contribution in [2.24, 2.45) is 4.99 Å². The quantitative estimate of drug-likeness (QED) is 0.321. The van der Waals surface area contributed by atoms with Gasteiger partial charge in [0.1, 0.15) is 9.84 Å². The van der Waals surface area contributed by atoms with E-state index in [1.807, 2.05) is 6.92 Å². The summed E-state index contributed by atoms with van der Waals surface area (Å²) in [5, 5.41) is 6.35. The monoisotopic (exact) mass is 321 g/mol. The molecular formula is C14H31N3O3S. The van der Waals surface area contributed by atoms with Crippen molar-refractivity contribution in [3.8, 4) is 0 Å². The van der Waals surface area contributed by atoms with E-state index in [1.165, 1.54) is 25.5 Å². The Labute approximate surface area is 129 Å². The number of nitrogens with zero attached hydrogens (tertiary/aromatic N) is 1. The lowest BCUT2D eigenvalue weighted by Crippen LogP contribution is -2.39. The minimum absolute atomic E-state index is 0.0680. The van der Waals surface area contributed by atoms with Gasteiger partial charge in [-0.2, -0.15) is 0 Å². The van der Waals surface area contributed by atoms with Crippen LogP contribution in [0.4, 0.5) is 0 Å². The Morgan fingerprint density at radius 2 is 1.86 bits per heavy atom. The molecule has 21 heavy (non-hydrogen) atoms. The van der Waals surface area contributed by atoms with E-state index in [2.05, 4.69) is 22.5 Å². The minimum Gasteiger partial charge on any atom is -0.379 e. The molecule has 0 rings (SSSR count). The van der Waals surface area contributed by atoms with Crippen LogP contribution in [0.15, 0.2) is 4.99 Å². The molecule has 0 atom stereocenters. The van der Waals surface area contributed by atoms with Crippen molar-refractivity contribution in [3.05, 3.63) is 0 Å². The summed E-state index contributed by atoms with van der Waals surface area (Å²) in [5.74, 6) is 0.860. The van der Waals surface area contributed by atoms with E-state index in [1.54, 1.807) is 0 Å². The van der Waals surface area contributed by atoms with Gasteiger partial charge in [0.25, 0.3) is 0 Å². The predicted octanol–water partition coefficient (Wildman–Crippen LogP) is 1.18. The van der Waals surface area contributed by atoms with Gasteiger partial charge in [-0.25, -0.2) is 8.42 Å². The molecule has 0 spiro atoms. The van der Waals surface area contributed by atoms with Crippen LogP contribution >= 0.6 is 0 Å². The molecule has 0 heterocycles. The van der Waals surface area contributed by atoms with Gasteiger partial charge in [0, 0.05) is 25.9 Å². The maximum atomic E-state index is 10.9. The second kappa shape index (κ2) is 12.9. The van der Waals surface area contributed by atoms with Crippen molar-refractivity contribution >= 4 is 15.8 Å². The SMILES string of the molecule is CCCCCCN=C(NCC)NCCOCCS(C)(=O)=O. The largest absolute Gasteiger partial charge is 0.379 e. The molecule has 0 aromatic rings. The molecule has 0 aliphatic carbocycles. The molecule has 0 aromatic carbocycles. The lowest BCUT2D eigenvalue weighted by Gasteiger charge is -2.11. The third-order valence-electron chi connectivity index (χ3n) is 2.76. The highest BCUT2D eigenvalue weighted by Crippen LogP contribution is 1.98. The first-order valence-corrected chi connectivity index (χ1v) is 9.83. The second-order valence-corrected chi connectivity index (χ2v) is 7.25. The molecule has 0 radical (unpaired) electrons. The first-order valence-electron chi connectivity index (χ1n) is 7.77. The van der Waals surface area contributed by atoms with E-state index in [9.17, 15) is 8.42 Å². The predicted molar refractivity (Wildman–Crippen MR) is 88.7 cm³/mol. The lowest BCUT2D eigenvalue weighted by atomic mass is 10.2. The van der Waals surface area contributed by atoms with Gasteiger partial charge in [0.15, 0.2) is 5.96 Å². The highest BCUT2D eigenvalue weighted by molar-refractivity contribution is 7.90. The summed E-state index contributed by atoms with van der Waals surface area (Å²) < 4.78 is 27.1. The van der Waals surface area contributed by atoms with Gasteiger partial charge in [0.2, 0.25) is 0 Å². The van der Waals surface area contributed by atoms with Crippen LogP contribution in [0.25, 0.3) is 0 Å². The Morgan fingerprint density at radius 3 is 2.48 bits per heavy atom. The molecule has 7 heteroatoms. The zero-order valence-electron chi connectivity index (χ0n) is 13.7. The molecule has 0 aliphatic rings. The number of guanidine groups is 1. The number of ether oxygens (including phenoxy) is 1. The number of sulfone groups is 1. The fourth-order valence-electron chi connectivity index (χ4n) is 1.63. The Morgan fingerprint density at radius 1 is 1.10 bits per heavy atom. The van der Waals surface area contributed by atoms with Gasteiger partial charge in [-0.3, -0.25) is 4.99 Å². The Kier molecular flexibility index (Phi) is 12.4. The summed E-state index contributed by atoms with van der Waals surface area (Å²) in [6, 6.07) is 0. The molecule has 0 aliphatic heterocycles. The van der Waals surface area contributed by atoms with Crippen molar-refractivity contribution in [3.63, 3.8) is 0 Å². The number of rotatable bonds is 12. The lowest BCUT2D eigenvalue weighted by molar-refractivity contribution is 0.154. The molecule has 0 unspecified atom stereocenters. The number of aliphatic imine (C=N–C) groups is 1. The third-order valence-corrected chi connectivity index (χ3v) is 3.67. The van der Waals surface area contributed by atoms with Gasteiger partial charge in [0.05, 0.1) is 19.0 Å². The highest BCUT2D eigenvalue weighted by Gasteiger charge is 2.01. The van der Waals surface area contributed by atoms with E-state index in [-0.39, 0.29) is 12.4 Å². The van der Waals surface area contributed by atoms with Crippen molar-refractivity contribution in [1.29, 1.82) is 0 Å². The molecule has 2 N–H and O–H groups in total. The smallest absolute Gasteiger partial charge is 0.191 e. The Bertz CT molecular complexity index is 370. The van der Waals surface area contributed by atoms with Crippen LogP contribution in [0.5, 0.6) is 0 Å². The van der Waals surface area contributed by atoms with Gasteiger partial charge in [-0.05, 0) is 13.3 Å². The zero-order chi connectivity index (χ0) is 16.0. The third kappa shape index (κ3) is 15.4.